The summed E-state index contributed by atoms with van der Waals surface area (Å²) in [6.45, 7) is 0. The Labute approximate surface area is 142 Å². The van der Waals surface area contributed by atoms with Crippen molar-refractivity contribution in [2.45, 2.75) is 0 Å². The number of hydrogen-bond donors (Lipinski definition) is 0. The molecule has 0 heterocycles. The molecule has 0 nitrogen and oxygen atoms in total. The molecule has 0 fully saturated rings. The van der Waals surface area contributed by atoms with Crippen molar-refractivity contribution in [1.82, 2.24) is 0 Å². The van der Waals surface area contributed by atoms with Gasteiger partial charge in [-0.3, -0.25) is 0 Å². The van der Waals surface area contributed by atoms with Gasteiger partial charge in [-0.1, -0.05) is 0 Å². The summed E-state index contributed by atoms with van der Waals surface area (Å²) in [6.07, 6.45) is 0. The molecule has 0 aromatic heterocycles. The summed E-state index contributed by atoms with van der Waals surface area (Å²) < 4.78 is 0. The molecule has 0 bridgehead atoms. The maximum Gasteiger partial charge on any atom is 0 e. The van der Waals surface area contributed by atoms with E-state index in [1.54, 1.807) is 0 Å². The van der Waals surface area contributed by atoms with Crippen molar-refractivity contribution >= 4 is 126 Å². The largest absolute Gasteiger partial charge is 0 e. The maximum absolute atomic E-state index is 0. The van der Waals surface area contributed by atoms with Gasteiger partial charge in [0, 0.05) is 146 Å². The van der Waals surface area contributed by atoms with Crippen LogP contribution in [0.3, 0.4) is 0 Å². The van der Waals surface area contributed by atoms with Crippen molar-refractivity contribution in [2.75, 3.05) is 0 Å². The SMILES string of the molecule is [Ca].[Na].[Na].[Na].[Zn]. The Bertz CT molecular complexity index is 6.85. The van der Waals surface area contributed by atoms with Crippen LogP contribution in [0.5, 0.6) is 0 Å². The number of rotatable bonds is 0. The van der Waals surface area contributed by atoms with Crippen LogP contribution in [0.25, 0.3) is 0 Å². The summed E-state index contributed by atoms with van der Waals surface area (Å²) in [6, 6.07) is 0. The first kappa shape index (κ1) is 32.7. The average molecular weight is 174 g/mol. The van der Waals surface area contributed by atoms with E-state index < -0.39 is 0 Å². The second kappa shape index (κ2) is 23.2. The fourth-order valence-corrected chi connectivity index (χ4v) is 0. The Morgan fingerprint density at radius 2 is 0.600 bits per heavy atom. The van der Waals surface area contributed by atoms with Gasteiger partial charge in [-0.25, -0.2) is 0 Å². The monoisotopic (exact) mass is 173 g/mol. The van der Waals surface area contributed by atoms with Gasteiger partial charge in [-0.05, 0) is 0 Å². The summed E-state index contributed by atoms with van der Waals surface area (Å²) >= 11 is 0. The van der Waals surface area contributed by atoms with E-state index >= 15 is 0 Å². The van der Waals surface area contributed by atoms with Gasteiger partial charge in [0.2, 0.25) is 0 Å². The van der Waals surface area contributed by atoms with Gasteiger partial charge >= 0.3 is 0 Å². The zero-order valence-electron chi connectivity index (χ0n) is 4.41. The summed E-state index contributed by atoms with van der Waals surface area (Å²) in [7, 11) is 0. The Morgan fingerprint density at radius 1 is 0.600 bits per heavy atom. The van der Waals surface area contributed by atoms with Gasteiger partial charge in [-0.2, -0.15) is 0 Å². The second-order valence-electron chi connectivity index (χ2n) is 0. The second-order valence-corrected chi connectivity index (χ2v) is 0. The zero-order chi connectivity index (χ0) is 0. The molecule has 0 atom stereocenters. The van der Waals surface area contributed by atoms with Crippen LogP contribution in [-0.2, 0) is 19.5 Å². The molecule has 5 heavy (non-hydrogen) atoms. The van der Waals surface area contributed by atoms with Crippen molar-refractivity contribution in [3.63, 3.8) is 0 Å². The van der Waals surface area contributed by atoms with Crippen LogP contribution < -0.4 is 0 Å². The van der Waals surface area contributed by atoms with Crippen molar-refractivity contribution in [3.8, 4) is 0 Å². The van der Waals surface area contributed by atoms with E-state index in [9.17, 15) is 0 Å². The summed E-state index contributed by atoms with van der Waals surface area (Å²) in [4.78, 5) is 0. The van der Waals surface area contributed by atoms with Crippen LogP contribution in [0.2, 0.25) is 0 Å². The average Bonchev–Trinajstić information content (AvgIpc) is 0. The Hall–Kier alpha value is 4.88. The summed E-state index contributed by atoms with van der Waals surface area (Å²) in [5.41, 5.74) is 0. The van der Waals surface area contributed by atoms with Crippen molar-refractivity contribution in [2.24, 2.45) is 0 Å². The van der Waals surface area contributed by atoms with Crippen LogP contribution in [0.1, 0.15) is 0 Å². The fourth-order valence-electron chi connectivity index (χ4n) is 0. The first-order valence-corrected chi connectivity index (χ1v) is 0. The van der Waals surface area contributed by atoms with Crippen LogP contribution in [-0.4, -0.2) is 126 Å². The van der Waals surface area contributed by atoms with E-state index in [1.165, 1.54) is 0 Å². The minimum Gasteiger partial charge on any atom is 0 e. The van der Waals surface area contributed by atoms with Crippen LogP contribution >= 0.6 is 0 Å². The van der Waals surface area contributed by atoms with Crippen LogP contribution in [0.4, 0.5) is 0 Å². The molecule has 7 valence electrons. The van der Waals surface area contributed by atoms with Gasteiger partial charge in [0.1, 0.15) is 0 Å². The molecular weight excluding hydrogens is 174 g/mol. The van der Waals surface area contributed by atoms with E-state index in [-0.39, 0.29) is 146 Å². The molecule has 0 saturated carbocycles. The van der Waals surface area contributed by atoms with Gasteiger partial charge in [0.15, 0.2) is 0 Å². The topological polar surface area (TPSA) is 0 Å². The molecule has 0 amide bonds. The van der Waals surface area contributed by atoms with Gasteiger partial charge < -0.3 is 0 Å². The molecule has 5 radical (unpaired) electrons. The maximum atomic E-state index is 0. The first-order chi connectivity index (χ1) is 0. The fraction of sp³-hybridized carbons (Fsp3) is 0. The Kier molecular flexibility index (Phi) is 151. The van der Waals surface area contributed by atoms with E-state index in [0.29, 0.717) is 0 Å². The minimum atomic E-state index is 0. The standard InChI is InChI=1S/Ca.3Na.Zn. The molecule has 0 aliphatic heterocycles. The van der Waals surface area contributed by atoms with Gasteiger partial charge in [0.05, 0.1) is 0 Å². The van der Waals surface area contributed by atoms with Gasteiger partial charge in [0.25, 0.3) is 0 Å². The van der Waals surface area contributed by atoms with Crippen molar-refractivity contribution in [1.29, 1.82) is 0 Å². The predicted molar refractivity (Wildman–Crippen MR) is 23.0 cm³/mol. The molecule has 0 unspecified atom stereocenters. The third kappa shape index (κ3) is 17.6. The molecule has 0 aliphatic carbocycles. The minimum absolute atomic E-state index is 0. The molecule has 0 aromatic rings. The summed E-state index contributed by atoms with van der Waals surface area (Å²) in [5, 5.41) is 0. The molecule has 0 spiro atoms. The van der Waals surface area contributed by atoms with Crippen molar-refractivity contribution in [3.05, 3.63) is 0 Å². The normalized spacial score (nSPS) is 0. The van der Waals surface area contributed by atoms with E-state index in [2.05, 4.69) is 0 Å². The van der Waals surface area contributed by atoms with Crippen molar-refractivity contribution < 1.29 is 19.5 Å². The molecule has 0 aliphatic rings. The smallest absolute Gasteiger partial charge is 0 e. The Balaban J connectivity index is 0. The van der Waals surface area contributed by atoms with E-state index in [1.807, 2.05) is 0 Å². The summed E-state index contributed by atoms with van der Waals surface area (Å²) in [5.74, 6) is 0. The van der Waals surface area contributed by atoms with Crippen LogP contribution in [0, 0.1) is 0 Å². The quantitative estimate of drug-likeness (QED) is 0.391. The third-order valence-corrected chi connectivity index (χ3v) is 0. The van der Waals surface area contributed by atoms with E-state index in [4.69, 9.17) is 0 Å². The predicted octanol–water partition coefficient (Wildman–Crippen LogP) is -1.53. The zero-order valence-corrected chi connectivity index (χ0v) is 15.6. The molecule has 0 aromatic carbocycles. The first-order valence-electron chi connectivity index (χ1n) is 0. The molecule has 0 saturated heterocycles. The van der Waals surface area contributed by atoms with Gasteiger partial charge in [-0.15, -0.1) is 0 Å². The van der Waals surface area contributed by atoms with Crippen LogP contribution in [0.15, 0.2) is 0 Å². The molecule has 0 rings (SSSR count). The molecule has 5 heteroatoms. The Morgan fingerprint density at radius 3 is 0.600 bits per heavy atom. The third-order valence-electron chi connectivity index (χ3n) is 0. The molecular formula is CaNa3Zn. The number of hydrogen-bond acceptors (Lipinski definition) is 0. The molecule has 0 N–H and O–H groups in total. The van der Waals surface area contributed by atoms with E-state index in [0.717, 1.165) is 0 Å².